The van der Waals surface area contributed by atoms with Crippen LogP contribution in [-0.4, -0.2) is 19.9 Å². The van der Waals surface area contributed by atoms with Gasteiger partial charge in [-0.05, 0) is 67.7 Å². The Morgan fingerprint density at radius 3 is 1.71 bits per heavy atom. The van der Waals surface area contributed by atoms with Gasteiger partial charge in [0.1, 0.15) is 5.52 Å². The summed E-state index contributed by atoms with van der Waals surface area (Å²) in [5.74, 6) is 2.46. The summed E-state index contributed by atoms with van der Waals surface area (Å²) in [5.41, 5.74) is 7.63. The normalized spacial score (nSPS) is 11.6. The van der Waals surface area contributed by atoms with Gasteiger partial charge in [0.25, 0.3) is 0 Å². The number of hydrogen-bond acceptors (Lipinski definition) is 5. The summed E-state index contributed by atoms with van der Waals surface area (Å²) in [6.07, 6.45) is 0. The van der Waals surface area contributed by atoms with Crippen molar-refractivity contribution in [3.05, 3.63) is 182 Å². The summed E-state index contributed by atoms with van der Waals surface area (Å²) in [7, 11) is 0. The lowest BCUT2D eigenvalue weighted by Gasteiger charge is -2.13. The number of aromatic nitrogens is 4. The zero-order valence-electron chi connectivity index (χ0n) is 29.5. The number of nitrogens with zero attached hydrogens (tertiary/aromatic N) is 4. The van der Waals surface area contributed by atoms with Gasteiger partial charge < -0.3 is 4.42 Å². The van der Waals surface area contributed by atoms with E-state index in [1.165, 1.54) is 5.39 Å². The van der Waals surface area contributed by atoms with Crippen LogP contribution in [0.1, 0.15) is 0 Å². The predicted octanol–water partition coefficient (Wildman–Crippen LogP) is 13.0. The van der Waals surface area contributed by atoms with Crippen molar-refractivity contribution < 1.29 is 4.42 Å². The molecular formula is C50H30N4O. The largest absolute Gasteiger partial charge is 0.435 e. The maximum absolute atomic E-state index is 6.59. The van der Waals surface area contributed by atoms with E-state index in [4.69, 9.17) is 24.4 Å². The zero-order valence-corrected chi connectivity index (χ0v) is 29.5. The van der Waals surface area contributed by atoms with Crippen molar-refractivity contribution >= 4 is 54.2 Å². The molecule has 2 heterocycles. The van der Waals surface area contributed by atoms with Gasteiger partial charge in [-0.15, -0.1) is 0 Å². The second kappa shape index (κ2) is 12.6. The molecule has 0 amide bonds. The highest BCUT2D eigenvalue weighted by molar-refractivity contribution is 6.27. The second-order valence-electron chi connectivity index (χ2n) is 13.8. The fraction of sp³-hybridized carbons (Fsp3) is 0. The predicted molar refractivity (Wildman–Crippen MR) is 225 cm³/mol. The molecule has 0 bridgehead atoms. The molecule has 0 unspecified atom stereocenters. The molecule has 0 radical (unpaired) electrons. The van der Waals surface area contributed by atoms with E-state index >= 15 is 0 Å². The van der Waals surface area contributed by atoms with Crippen LogP contribution in [0.4, 0.5) is 0 Å². The molecule has 5 nitrogen and oxygen atoms in total. The van der Waals surface area contributed by atoms with Crippen LogP contribution in [0.5, 0.6) is 0 Å². The minimum absolute atomic E-state index is 0.608. The molecule has 9 aromatic carbocycles. The highest BCUT2D eigenvalue weighted by Crippen LogP contribution is 2.40. The number of fused-ring (bicyclic) bond motifs is 8. The molecule has 256 valence electrons. The molecule has 0 aliphatic rings. The van der Waals surface area contributed by atoms with E-state index in [2.05, 4.69) is 140 Å². The molecule has 55 heavy (non-hydrogen) atoms. The lowest BCUT2D eigenvalue weighted by molar-refractivity contribution is 0.623. The zero-order chi connectivity index (χ0) is 36.3. The van der Waals surface area contributed by atoms with Gasteiger partial charge in [-0.25, -0.2) is 19.9 Å². The van der Waals surface area contributed by atoms with Gasteiger partial charge in [0.05, 0.1) is 0 Å². The van der Waals surface area contributed by atoms with E-state index < -0.39 is 0 Å². The van der Waals surface area contributed by atoms with Crippen LogP contribution >= 0.6 is 0 Å². The topological polar surface area (TPSA) is 64.7 Å². The van der Waals surface area contributed by atoms with Crippen LogP contribution in [0.2, 0.25) is 0 Å². The minimum Gasteiger partial charge on any atom is -0.435 e. The van der Waals surface area contributed by atoms with E-state index in [1.54, 1.807) is 0 Å². The molecule has 0 aliphatic heterocycles. The van der Waals surface area contributed by atoms with E-state index in [0.717, 1.165) is 82.2 Å². The molecule has 11 rings (SSSR count). The lowest BCUT2D eigenvalue weighted by atomic mass is 9.93. The van der Waals surface area contributed by atoms with E-state index in [0.29, 0.717) is 23.4 Å². The Morgan fingerprint density at radius 1 is 0.327 bits per heavy atom. The number of benzene rings is 9. The summed E-state index contributed by atoms with van der Waals surface area (Å²) < 4.78 is 6.59. The molecule has 0 saturated heterocycles. The standard InChI is InChI=1S/C50H30N4O/c1-3-10-31(11-4-1)33-18-23-36(24-19-33)47-52-48(39-25-20-32-12-7-8-15-38(32)30-39)54-49(53-47)42-17-9-16-41-40(42)28-26-34-21-22-35-27-29-43-46(45(35)44(34)41)55-50(51-43)37-13-5-2-6-14-37/h1-30H. The molecule has 2 aromatic heterocycles. The maximum Gasteiger partial charge on any atom is 0.227 e. The average Bonchev–Trinajstić information content (AvgIpc) is 3.71. The van der Waals surface area contributed by atoms with Crippen molar-refractivity contribution in [2.24, 2.45) is 0 Å². The smallest absolute Gasteiger partial charge is 0.227 e. The molecule has 0 N–H and O–H groups in total. The summed E-state index contributed by atoms with van der Waals surface area (Å²) in [4.78, 5) is 20.4. The number of hydrogen-bond donors (Lipinski definition) is 0. The second-order valence-corrected chi connectivity index (χ2v) is 13.8. The molecule has 0 spiro atoms. The van der Waals surface area contributed by atoms with Gasteiger partial charge in [0.2, 0.25) is 5.89 Å². The van der Waals surface area contributed by atoms with Crippen LogP contribution in [0.3, 0.4) is 0 Å². The highest BCUT2D eigenvalue weighted by Gasteiger charge is 2.19. The van der Waals surface area contributed by atoms with Crippen LogP contribution in [0.25, 0.3) is 111 Å². The molecule has 0 saturated carbocycles. The first-order valence-electron chi connectivity index (χ1n) is 18.4. The SMILES string of the molecule is c1ccc(-c2ccc(-c3nc(-c4ccc5ccccc5c4)nc(-c4cccc5c4ccc4ccc6ccc7nc(-c8ccccc8)oc7c6c45)n3)cc2)cc1. The number of rotatable bonds is 5. The van der Waals surface area contributed by atoms with Crippen molar-refractivity contribution in [1.29, 1.82) is 0 Å². The first-order valence-corrected chi connectivity index (χ1v) is 18.4. The third kappa shape index (κ3) is 5.33. The van der Waals surface area contributed by atoms with Gasteiger partial charge >= 0.3 is 0 Å². The van der Waals surface area contributed by atoms with Crippen molar-refractivity contribution in [2.75, 3.05) is 0 Å². The first-order chi connectivity index (χ1) is 27.2. The van der Waals surface area contributed by atoms with E-state index in [-0.39, 0.29) is 0 Å². The Balaban J connectivity index is 1.13. The van der Waals surface area contributed by atoms with Crippen LogP contribution in [-0.2, 0) is 0 Å². The van der Waals surface area contributed by atoms with Crippen molar-refractivity contribution in [3.63, 3.8) is 0 Å². The van der Waals surface area contributed by atoms with Crippen molar-refractivity contribution in [3.8, 4) is 56.7 Å². The summed E-state index contributed by atoms with van der Waals surface area (Å²) in [6.45, 7) is 0. The molecule has 5 heteroatoms. The Morgan fingerprint density at radius 2 is 0.909 bits per heavy atom. The molecule has 0 aliphatic carbocycles. The third-order valence-corrected chi connectivity index (χ3v) is 10.5. The molecule has 11 aromatic rings. The number of oxazole rings is 1. The highest BCUT2D eigenvalue weighted by atomic mass is 16.3. The van der Waals surface area contributed by atoms with Crippen molar-refractivity contribution in [2.45, 2.75) is 0 Å². The first kappa shape index (κ1) is 31.1. The third-order valence-electron chi connectivity index (χ3n) is 10.5. The average molecular weight is 703 g/mol. The van der Waals surface area contributed by atoms with Crippen LogP contribution < -0.4 is 0 Å². The lowest BCUT2D eigenvalue weighted by Crippen LogP contribution is -2.00. The van der Waals surface area contributed by atoms with Crippen LogP contribution in [0.15, 0.2) is 186 Å². The van der Waals surface area contributed by atoms with Gasteiger partial charge in [-0.2, -0.15) is 0 Å². The van der Waals surface area contributed by atoms with Gasteiger partial charge in [0, 0.05) is 33.0 Å². The molecular weight excluding hydrogens is 673 g/mol. The Hall–Kier alpha value is -7.50. The fourth-order valence-electron chi connectivity index (χ4n) is 7.80. The Kier molecular flexibility index (Phi) is 7.10. The minimum atomic E-state index is 0.608. The monoisotopic (exact) mass is 702 g/mol. The fourth-order valence-corrected chi connectivity index (χ4v) is 7.80. The van der Waals surface area contributed by atoms with Crippen LogP contribution in [0, 0.1) is 0 Å². The summed E-state index contributed by atoms with van der Waals surface area (Å²) in [6, 6.07) is 62.9. The summed E-state index contributed by atoms with van der Waals surface area (Å²) in [5, 5.41) is 8.80. The van der Waals surface area contributed by atoms with Crippen molar-refractivity contribution in [1.82, 2.24) is 19.9 Å². The van der Waals surface area contributed by atoms with Gasteiger partial charge in [-0.3, -0.25) is 0 Å². The quantitative estimate of drug-likeness (QED) is 0.167. The van der Waals surface area contributed by atoms with Gasteiger partial charge in [-0.1, -0.05) is 158 Å². The maximum atomic E-state index is 6.59. The molecule has 0 atom stereocenters. The Labute approximate surface area is 316 Å². The Bertz CT molecular complexity index is 3250. The van der Waals surface area contributed by atoms with E-state index in [9.17, 15) is 0 Å². The van der Waals surface area contributed by atoms with E-state index in [1.807, 2.05) is 42.5 Å². The van der Waals surface area contributed by atoms with Gasteiger partial charge in [0.15, 0.2) is 23.1 Å². The summed E-state index contributed by atoms with van der Waals surface area (Å²) >= 11 is 0. The molecule has 0 fully saturated rings.